The van der Waals surface area contributed by atoms with Gasteiger partial charge in [-0.3, -0.25) is 9.69 Å². The quantitative estimate of drug-likeness (QED) is 0.851. The van der Waals surface area contributed by atoms with Gasteiger partial charge in [0, 0.05) is 12.7 Å². The van der Waals surface area contributed by atoms with Crippen LogP contribution in [0.3, 0.4) is 0 Å². The second-order valence-corrected chi connectivity index (χ2v) is 3.77. The Balaban J connectivity index is 2.13. The molecule has 0 aliphatic carbocycles. The highest BCUT2D eigenvalue weighted by Crippen LogP contribution is 2.13. The molecule has 0 saturated heterocycles. The van der Waals surface area contributed by atoms with Gasteiger partial charge in [-0.25, -0.2) is 14.8 Å². The molecule has 2 rings (SSSR count). The van der Waals surface area contributed by atoms with Crippen LogP contribution in [-0.4, -0.2) is 38.7 Å². The summed E-state index contributed by atoms with van der Waals surface area (Å²) in [6.07, 6.45) is 3.27. The maximum Gasteiger partial charge on any atom is 0.422 e. The van der Waals surface area contributed by atoms with Crippen LogP contribution >= 0.6 is 0 Å². The average molecular weight is 276 g/mol. The van der Waals surface area contributed by atoms with Gasteiger partial charge in [0.2, 0.25) is 5.88 Å². The standard InChI is InChI=1S/C12H12N4O4/c17-11(18)4-6-16(9-3-1-2-5-14-9)12(19)20-10-7-13-8-15-10/h1-3,5,7-8H,4,6H2,(H,13,15)(H,17,18). The van der Waals surface area contributed by atoms with Crippen LogP contribution in [0.2, 0.25) is 0 Å². The third kappa shape index (κ3) is 3.55. The number of hydrogen-bond acceptors (Lipinski definition) is 5. The molecule has 0 aliphatic rings. The third-order valence-electron chi connectivity index (χ3n) is 2.37. The zero-order valence-electron chi connectivity index (χ0n) is 10.4. The van der Waals surface area contributed by atoms with E-state index in [0.717, 1.165) is 4.90 Å². The first-order valence-electron chi connectivity index (χ1n) is 5.77. The Morgan fingerprint density at radius 3 is 2.85 bits per heavy atom. The molecule has 0 spiro atoms. The largest absolute Gasteiger partial charge is 0.481 e. The third-order valence-corrected chi connectivity index (χ3v) is 2.37. The van der Waals surface area contributed by atoms with Crippen molar-refractivity contribution < 1.29 is 19.4 Å². The predicted molar refractivity (Wildman–Crippen MR) is 68.4 cm³/mol. The number of nitrogens with zero attached hydrogens (tertiary/aromatic N) is 3. The maximum atomic E-state index is 12.0. The van der Waals surface area contributed by atoms with Crippen LogP contribution in [0.25, 0.3) is 0 Å². The fraction of sp³-hybridized carbons (Fsp3) is 0.167. The van der Waals surface area contributed by atoms with Crippen LogP contribution < -0.4 is 9.64 Å². The lowest BCUT2D eigenvalue weighted by Crippen LogP contribution is -2.36. The van der Waals surface area contributed by atoms with Gasteiger partial charge in [-0.15, -0.1) is 0 Å². The zero-order valence-corrected chi connectivity index (χ0v) is 10.4. The highest BCUT2D eigenvalue weighted by Gasteiger charge is 2.20. The Morgan fingerprint density at radius 2 is 2.25 bits per heavy atom. The number of aromatic nitrogens is 3. The minimum absolute atomic E-state index is 0.0423. The van der Waals surface area contributed by atoms with E-state index in [1.54, 1.807) is 18.2 Å². The normalized spacial score (nSPS) is 10.0. The Kier molecular flexibility index (Phi) is 4.28. The molecular formula is C12H12N4O4. The number of anilines is 1. The predicted octanol–water partition coefficient (Wildman–Crippen LogP) is 1.28. The molecule has 104 valence electrons. The highest BCUT2D eigenvalue weighted by atomic mass is 16.6. The summed E-state index contributed by atoms with van der Waals surface area (Å²) in [5.41, 5.74) is 0. The van der Waals surface area contributed by atoms with Crippen molar-refractivity contribution in [3.63, 3.8) is 0 Å². The van der Waals surface area contributed by atoms with Crippen molar-refractivity contribution in [3.05, 3.63) is 36.9 Å². The van der Waals surface area contributed by atoms with E-state index < -0.39 is 12.1 Å². The summed E-state index contributed by atoms with van der Waals surface area (Å²) < 4.78 is 5.04. The number of ether oxygens (including phenoxy) is 1. The molecule has 0 bridgehead atoms. The molecule has 0 saturated carbocycles. The Bertz CT molecular complexity index is 570. The van der Waals surface area contributed by atoms with E-state index in [2.05, 4.69) is 15.0 Å². The second-order valence-electron chi connectivity index (χ2n) is 3.77. The molecule has 0 fully saturated rings. The lowest BCUT2D eigenvalue weighted by atomic mass is 10.3. The van der Waals surface area contributed by atoms with E-state index in [1.807, 2.05) is 0 Å². The van der Waals surface area contributed by atoms with Gasteiger partial charge in [-0.05, 0) is 12.1 Å². The number of aliphatic carboxylic acids is 1. The minimum atomic E-state index is -1.01. The summed E-state index contributed by atoms with van der Waals surface area (Å²) in [7, 11) is 0. The van der Waals surface area contributed by atoms with Crippen LogP contribution in [0.1, 0.15) is 6.42 Å². The molecule has 0 unspecified atom stereocenters. The Labute approximate surface area is 114 Å². The zero-order chi connectivity index (χ0) is 14.4. The molecule has 2 N–H and O–H groups in total. The van der Waals surface area contributed by atoms with Gasteiger partial charge in [0.05, 0.1) is 18.9 Å². The number of carbonyl (C=O) groups is 2. The minimum Gasteiger partial charge on any atom is -0.481 e. The van der Waals surface area contributed by atoms with Gasteiger partial charge in [-0.2, -0.15) is 0 Å². The summed E-state index contributed by atoms with van der Waals surface area (Å²) in [5, 5.41) is 8.73. The lowest BCUT2D eigenvalue weighted by molar-refractivity contribution is -0.136. The number of carboxylic acids is 1. The van der Waals surface area contributed by atoms with E-state index in [9.17, 15) is 9.59 Å². The monoisotopic (exact) mass is 276 g/mol. The van der Waals surface area contributed by atoms with Gasteiger partial charge in [-0.1, -0.05) is 6.07 Å². The number of pyridine rings is 1. The van der Waals surface area contributed by atoms with E-state index in [-0.39, 0.29) is 18.8 Å². The van der Waals surface area contributed by atoms with Crippen molar-refractivity contribution in [2.75, 3.05) is 11.4 Å². The van der Waals surface area contributed by atoms with E-state index in [1.165, 1.54) is 18.7 Å². The van der Waals surface area contributed by atoms with Gasteiger partial charge in [0.15, 0.2) is 0 Å². The van der Waals surface area contributed by atoms with Crippen LogP contribution in [0.4, 0.5) is 10.6 Å². The number of rotatable bonds is 5. The summed E-state index contributed by atoms with van der Waals surface area (Å²) in [5.74, 6) is -0.523. The van der Waals surface area contributed by atoms with Crippen LogP contribution in [0, 0.1) is 0 Å². The molecule has 8 nitrogen and oxygen atoms in total. The number of nitrogens with one attached hydrogen (secondary N) is 1. The average Bonchev–Trinajstić information content (AvgIpc) is 2.92. The first-order chi connectivity index (χ1) is 9.66. The van der Waals surface area contributed by atoms with Gasteiger partial charge >= 0.3 is 12.1 Å². The van der Waals surface area contributed by atoms with Gasteiger partial charge in [0.25, 0.3) is 0 Å². The van der Waals surface area contributed by atoms with Crippen molar-refractivity contribution in [2.24, 2.45) is 0 Å². The molecular weight excluding hydrogens is 264 g/mol. The molecule has 20 heavy (non-hydrogen) atoms. The van der Waals surface area contributed by atoms with Crippen molar-refractivity contribution in [2.45, 2.75) is 6.42 Å². The van der Waals surface area contributed by atoms with Gasteiger partial charge < -0.3 is 14.8 Å². The summed E-state index contributed by atoms with van der Waals surface area (Å²) in [4.78, 5) is 34.2. The fourth-order valence-electron chi connectivity index (χ4n) is 1.47. The summed E-state index contributed by atoms with van der Waals surface area (Å²) >= 11 is 0. The number of amides is 1. The van der Waals surface area contributed by atoms with Crippen molar-refractivity contribution in [1.29, 1.82) is 0 Å². The molecule has 2 heterocycles. The molecule has 0 aliphatic heterocycles. The number of imidazole rings is 1. The smallest absolute Gasteiger partial charge is 0.422 e. The molecule has 0 atom stereocenters. The maximum absolute atomic E-state index is 12.0. The Morgan fingerprint density at radius 1 is 1.40 bits per heavy atom. The summed E-state index contributed by atoms with van der Waals surface area (Å²) in [6.45, 7) is -0.0423. The van der Waals surface area contributed by atoms with E-state index in [0.29, 0.717) is 5.82 Å². The number of carbonyl (C=O) groups excluding carboxylic acids is 1. The lowest BCUT2D eigenvalue weighted by Gasteiger charge is -2.19. The SMILES string of the molecule is O=C(O)CCN(C(=O)Oc1cnc[nH]1)c1ccccn1. The topological polar surface area (TPSA) is 108 Å². The van der Waals surface area contributed by atoms with E-state index in [4.69, 9.17) is 9.84 Å². The number of carboxylic acid groups (broad SMARTS) is 1. The van der Waals surface area contributed by atoms with Crippen LogP contribution in [0.15, 0.2) is 36.9 Å². The first kappa shape index (κ1) is 13.5. The van der Waals surface area contributed by atoms with Crippen LogP contribution in [0.5, 0.6) is 5.88 Å². The van der Waals surface area contributed by atoms with Crippen LogP contribution in [-0.2, 0) is 4.79 Å². The molecule has 8 heteroatoms. The first-order valence-corrected chi connectivity index (χ1v) is 5.77. The van der Waals surface area contributed by atoms with Crippen molar-refractivity contribution >= 4 is 17.9 Å². The summed E-state index contributed by atoms with van der Waals surface area (Å²) in [6, 6.07) is 4.98. The number of hydrogen-bond donors (Lipinski definition) is 2. The number of aromatic amines is 1. The fourth-order valence-corrected chi connectivity index (χ4v) is 1.47. The van der Waals surface area contributed by atoms with E-state index >= 15 is 0 Å². The molecule has 0 radical (unpaired) electrons. The van der Waals surface area contributed by atoms with Crippen molar-refractivity contribution in [1.82, 2.24) is 15.0 Å². The second kappa shape index (κ2) is 6.32. The highest BCUT2D eigenvalue weighted by molar-refractivity contribution is 5.88. The Hall–Kier alpha value is -2.90. The van der Waals surface area contributed by atoms with Crippen molar-refractivity contribution in [3.8, 4) is 5.88 Å². The molecule has 2 aromatic heterocycles. The number of H-pyrrole nitrogens is 1. The molecule has 0 aromatic carbocycles. The van der Waals surface area contributed by atoms with Gasteiger partial charge in [0.1, 0.15) is 5.82 Å². The molecule has 2 aromatic rings. The molecule has 1 amide bonds.